The molecule has 4 aromatic carbocycles. The molecule has 1 heterocycles. The number of fused-ring (bicyclic) bond motifs is 2. The van der Waals surface area contributed by atoms with Crippen molar-refractivity contribution in [3.05, 3.63) is 131 Å². The van der Waals surface area contributed by atoms with Gasteiger partial charge in [0.2, 0.25) is 35.4 Å². The number of hydrogen-bond donors (Lipinski definition) is 9. The molecule has 0 bridgehead atoms. The lowest BCUT2D eigenvalue weighted by atomic mass is 9.76. The Morgan fingerprint density at radius 3 is 1.96 bits per heavy atom. The van der Waals surface area contributed by atoms with Crippen LogP contribution < -0.4 is 47.3 Å². The van der Waals surface area contributed by atoms with Crippen LogP contribution in [-0.2, 0) is 55.1 Å². The number of carbonyl (C=O) groups is 9. The summed E-state index contributed by atoms with van der Waals surface area (Å²) in [4.78, 5) is 124. The smallest absolute Gasteiger partial charge is 0.331 e. The second-order valence-electron chi connectivity index (χ2n) is 27.0. The van der Waals surface area contributed by atoms with Crippen LogP contribution in [0.3, 0.4) is 0 Å². The van der Waals surface area contributed by atoms with Crippen molar-refractivity contribution in [2.45, 2.75) is 170 Å². The average molecular weight is 1270 g/mol. The Morgan fingerprint density at radius 2 is 1.36 bits per heavy atom. The number of aliphatic carboxylic acids is 2. The van der Waals surface area contributed by atoms with Crippen molar-refractivity contribution in [2.75, 3.05) is 42.8 Å². The van der Waals surface area contributed by atoms with Crippen molar-refractivity contribution in [2.24, 2.45) is 38.6 Å². The van der Waals surface area contributed by atoms with E-state index in [9.17, 15) is 53.4 Å². The molecular weight excluding hydrogens is 1170 g/mol. The number of nitrogens with one attached hydrogen (secondary N) is 6. The fraction of sp³-hybridized carbons (Fsp3) is 0.493. The Morgan fingerprint density at radius 1 is 0.717 bits per heavy atom. The van der Waals surface area contributed by atoms with Gasteiger partial charge in [-0.05, 0) is 102 Å². The molecule has 2 unspecified atom stereocenters. The molecule has 7 atom stereocenters. The monoisotopic (exact) mass is 1270 g/mol. The summed E-state index contributed by atoms with van der Waals surface area (Å²) in [5.41, 5.74) is 9.51. The first-order chi connectivity index (χ1) is 43.0. The number of nitrogens with two attached hydrogens (primary N) is 1. The highest BCUT2D eigenvalue weighted by molar-refractivity contribution is 6.00. The van der Waals surface area contributed by atoms with Crippen LogP contribution in [0.15, 0.2) is 119 Å². The second-order valence-corrected chi connectivity index (χ2v) is 27.0. The van der Waals surface area contributed by atoms with Gasteiger partial charge in [-0.1, -0.05) is 144 Å². The van der Waals surface area contributed by atoms with Gasteiger partial charge in [-0.15, -0.1) is 0 Å². The molecule has 7 amide bonds. The number of carbonyl (C=O) groups excluding carboxylic acids is 7. The number of ether oxygens (including phenoxy) is 1. The zero-order chi connectivity index (χ0) is 68.6. The van der Waals surface area contributed by atoms with E-state index in [1.54, 1.807) is 57.1 Å². The highest BCUT2D eigenvalue weighted by Gasteiger charge is 2.42. The summed E-state index contributed by atoms with van der Waals surface area (Å²) in [5, 5.41) is 45.4. The van der Waals surface area contributed by atoms with Crippen molar-refractivity contribution in [1.82, 2.24) is 26.2 Å². The SMILES string of the molecule is CN[C@H](C(=O)N[C@H](C(=O)N(C)[C@@H](/C=C(\C)C(=O)O)C(C)C)C(C)(C)C)C(C)(C)c1cccc(NC(=O)COc2ccc(NC(=O)[C@H](CCC(=O)O)NC(=O)[C@@H](NC(=O)CCC(=O)N3Cc4ccccc4C(N)C(/N=N\CC(C)(C)C)c4ccccc43)C(C)C)cc2)c1. The molecule has 1 aliphatic rings. The normalized spacial score (nSPS) is 16.1. The third-order valence-corrected chi connectivity index (χ3v) is 16.1. The first kappa shape index (κ1) is 73.9. The van der Waals surface area contributed by atoms with E-state index in [4.69, 9.17) is 15.6 Å². The molecule has 0 aromatic heterocycles. The molecule has 0 saturated carbocycles. The van der Waals surface area contributed by atoms with Gasteiger partial charge in [0.1, 0.15) is 29.9 Å². The highest BCUT2D eigenvalue weighted by atomic mass is 16.5. The van der Waals surface area contributed by atoms with Gasteiger partial charge in [-0.3, -0.25) is 38.4 Å². The number of anilines is 3. The fourth-order valence-corrected chi connectivity index (χ4v) is 10.7. The molecule has 10 N–H and O–H groups in total. The Bertz CT molecular complexity index is 3350. The maximum Gasteiger partial charge on any atom is 0.331 e. The van der Waals surface area contributed by atoms with E-state index in [0.717, 1.165) is 11.1 Å². The number of amides is 7. The summed E-state index contributed by atoms with van der Waals surface area (Å²) in [6.07, 6.45) is 0.271. The number of para-hydroxylation sites is 1. The summed E-state index contributed by atoms with van der Waals surface area (Å²) in [7, 11) is 3.23. The molecule has 0 fully saturated rings. The molecule has 5 rings (SSSR count). The van der Waals surface area contributed by atoms with Gasteiger partial charge < -0.3 is 62.4 Å². The van der Waals surface area contributed by atoms with Crippen LogP contribution in [0.25, 0.3) is 0 Å². The van der Waals surface area contributed by atoms with E-state index < -0.39 is 114 Å². The van der Waals surface area contributed by atoms with Crippen LogP contribution in [0.5, 0.6) is 5.75 Å². The standard InChI is InChI=1S/C69H95N11O12/c1-40(2)52(35-42(5)66(90)91)79(15)65(89)61(68(9,10)11)77-64(88)60(71-14)69(12,13)44-22-20-23-46(36-44)73-54(82)38-92-47-29-27-45(28-30-47)74-62(86)50(31-34-56(84)85)75-63(87)58(41(3)4)76-53(81)32-33-55(83)80-37-43-21-16-17-24-48(43)57(70)59(78-72-39-67(6,7)8)49-25-18-19-26-51(49)80/h16-30,35-36,40-41,50,52,57-61,71H,31-34,37-39,70H2,1-15H3,(H,73,82)(H,74,86)(H,75,87)(H,76,81)(H,77,88)(H,84,85)(H,90,91)/b42-35+,78-72-/t50-,52-,57?,58-,59?,60+,61+/m0/s1. The zero-order valence-electron chi connectivity index (χ0n) is 55.8. The number of likely N-dealkylation sites (N-methyl/N-ethyl adjacent to an activating group) is 2. The van der Waals surface area contributed by atoms with Crippen molar-refractivity contribution < 1.29 is 58.1 Å². The molecule has 0 spiro atoms. The second kappa shape index (κ2) is 32.4. The third kappa shape index (κ3) is 20.6. The molecule has 23 heteroatoms. The van der Waals surface area contributed by atoms with Crippen LogP contribution in [0, 0.1) is 22.7 Å². The Balaban J connectivity index is 1.19. The lowest BCUT2D eigenvalue weighted by Gasteiger charge is -2.40. The van der Waals surface area contributed by atoms with Gasteiger partial charge >= 0.3 is 11.9 Å². The van der Waals surface area contributed by atoms with Gasteiger partial charge in [-0.25, -0.2) is 4.79 Å². The summed E-state index contributed by atoms with van der Waals surface area (Å²) in [6, 6.07) is 21.8. The molecule has 498 valence electrons. The van der Waals surface area contributed by atoms with Gasteiger partial charge in [0.25, 0.3) is 5.91 Å². The van der Waals surface area contributed by atoms with Crippen LogP contribution in [0.1, 0.15) is 150 Å². The zero-order valence-corrected chi connectivity index (χ0v) is 55.8. The van der Waals surface area contributed by atoms with Crippen LogP contribution >= 0.6 is 0 Å². The minimum absolute atomic E-state index is 0.0955. The third-order valence-electron chi connectivity index (χ3n) is 16.1. The molecule has 92 heavy (non-hydrogen) atoms. The predicted octanol–water partition coefficient (Wildman–Crippen LogP) is 8.61. The first-order valence-corrected chi connectivity index (χ1v) is 31.0. The molecule has 1 aliphatic heterocycles. The number of carboxylic acids is 2. The van der Waals surface area contributed by atoms with E-state index in [1.165, 1.54) is 36.1 Å². The van der Waals surface area contributed by atoms with Gasteiger partial charge in [0, 0.05) is 59.9 Å². The largest absolute Gasteiger partial charge is 0.484 e. The van der Waals surface area contributed by atoms with Crippen LogP contribution in [0.2, 0.25) is 0 Å². The lowest BCUT2D eigenvalue weighted by Crippen LogP contribution is -2.61. The summed E-state index contributed by atoms with van der Waals surface area (Å²) in [5.74, 6) is -6.45. The Hall–Kier alpha value is -8.83. The number of carboxylic acid groups (broad SMARTS) is 2. The Labute approximate surface area is 540 Å². The van der Waals surface area contributed by atoms with Crippen molar-refractivity contribution in [3.63, 3.8) is 0 Å². The lowest BCUT2D eigenvalue weighted by molar-refractivity contribution is -0.141. The number of azo groups is 1. The quantitative estimate of drug-likeness (QED) is 0.0190. The number of rotatable bonds is 28. The number of hydrogen-bond acceptors (Lipinski definition) is 14. The molecule has 4 aromatic rings. The van der Waals surface area contributed by atoms with Gasteiger partial charge in [-0.2, -0.15) is 10.2 Å². The van der Waals surface area contributed by atoms with E-state index in [2.05, 4.69) is 57.8 Å². The maximum absolute atomic E-state index is 14.3. The van der Waals surface area contributed by atoms with E-state index in [0.29, 0.717) is 29.0 Å². The van der Waals surface area contributed by atoms with Gasteiger partial charge in [0.15, 0.2) is 6.61 Å². The Kier molecular flexibility index (Phi) is 26.1. The van der Waals surface area contributed by atoms with E-state index in [-0.39, 0.29) is 66.0 Å². The summed E-state index contributed by atoms with van der Waals surface area (Å²) in [6.45, 7) is 24.2. The number of benzene rings is 4. The predicted molar refractivity (Wildman–Crippen MR) is 353 cm³/mol. The summed E-state index contributed by atoms with van der Waals surface area (Å²) >= 11 is 0. The highest BCUT2D eigenvalue weighted by Crippen LogP contribution is 2.41. The fourth-order valence-electron chi connectivity index (χ4n) is 10.7. The molecule has 0 saturated heterocycles. The molecular formula is C69H95N11O12. The number of nitrogens with zero attached hydrogens (tertiary/aromatic N) is 4. The van der Waals surface area contributed by atoms with Crippen LogP contribution in [0.4, 0.5) is 17.1 Å². The van der Waals surface area contributed by atoms with Gasteiger partial charge in [0.05, 0.1) is 31.2 Å². The minimum Gasteiger partial charge on any atom is -0.484 e. The maximum atomic E-state index is 14.3. The van der Waals surface area contributed by atoms with Crippen LogP contribution in [-0.4, -0.2) is 126 Å². The summed E-state index contributed by atoms with van der Waals surface area (Å²) < 4.78 is 5.78. The van der Waals surface area contributed by atoms with Crippen molar-refractivity contribution >= 4 is 70.4 Å². The van der Waals surface area contributed by atoms with E-state index >= 15 is 0 Å². The topological polar surface area (TPSA) is 333 Å². The minimum atomic E-state index is -1.35. The van der Waals surface area contributed by atoms with Crippen molar-refractivity contribution in [1.29, 1.82) is 0 Å². The first-order valence-electron chi connectivity index (χ1n) is 31.0. The average Bonchev–Trinajstić information content (AvgIpc) is 0.797. The molecule has 0 radical (unpaired) electrons. The molecule has 23 nitrogen and oxygen atoms in total. The molecule has 0 aliphatic carbocycles. The van der Waals surface area contributed by atoms with E-state index in [1.807, 2.05) is 103 Å². The van der Waals surface area contributed by atoms with Crippen molar-refractivity contribution in [3.8, 4) is 5.75 Å².